The van der Waals surface area contributed by atoms with Crippen LogP contribution in [-0.2, 0) is 0 Å². The van der Waals surface area contributed by atoms with Gasteiger partial charge in [0.2, 0.25) is 0 Å². The van der Waals surface area contributed by atoms with Crippen molar-refractivity contribution < 1.29 is 4.74 Å². The third-order valence-corrected chi connectivity index (χ3v) is 3.64. The molecular formula is C18H14N4O. The van der Waals surface area contributed by atoms with Crippen LogP contribution in [0.15, 0.2) is 67.0 Å². The van der Waals surface area contributed by atoms with Gasteiger partial charge in [0.05, 0.1) is 12.8 Å². The summed E-state index contributed by atoms with van der Waals surface area (Å²) in [6.45, 7) is 0. The van der Waals surface area contributed by atoms with E-state index in [9.17, 15) is 0 Å². The van der Waals surface area contributed by atoms with Crippen molar-refractivity contribution in [2.45, 2.75) is 0 Å². The van der Waals surface area contributed by atoms with Gasteiger partial charge in [0.25, 0.3) is 0 Å². The smallest absolute Gasteiger partial charge is 0.182 e. The lowest BCUT2D eigenvalue weighted by atomic mass is 10.1. The molecule has 0 bridgehead atoms. The number of hydrogen-bond donors (Lipinski definition) is 0. The number of fused-ring (bicyclic) bond motifs is 1. The van der Waals surface area contributed by atoms with E-state index >= 15 is 0 Å². The first-order valence-electron chi connectivity index (χ1n) is 7.26. The summed E-state index contributed by atoms with van der Waals surface area (Å²) in [4.78, 5) is 8.92. The third kappa shape index (κ3) is 2.42. The maximum atomic E-state index is 5.53. The monoisotopic (exact) mass is 302 g/mol. The molecule has 3 heterocycles. The predicted octanol–water partition coefficient (Wildman–Crippen LogP) is 3.47. The number of benzene rings is 1. The number of ether oxygens (including phenoxy) is 1. The van der Waals surface area contributed by atoms with Gasteiger partial charge in [-0.25, -0.2) is 9.50 Å². The number of methoxy groups -OCH3 is 1. The van der Waals surface area contributed by atoms with Crippen LogP contribution >= 0.6 is 0 Å². The summed E-state index contributed by atoms with van der Waals surface area (Å²) >= 11 is 0. The van der Waals surface area contributed by atoms with Gasteiger partial charge in [-0.2, -0.15) is 0 Å². The molecule has 23 heavy (non-hydrogen) atoms. The first-order chi connectivity index (χ1) is 11.3. The zero-order valence-electron chi connectivity index (χ0n) is 12.5. The van der Waals surface area contributed by atoms with Gasteiger partial charge < -0.3 is 4.74 Å². The van der Waals surface area contributed by atoms with Gasteiger partial charge >= 0.3 is 0 Å². The first-order valence-corrected chi connectivity index (χ1v) is 7.26. The number of nitrogens with zero attached hydrogens (tertiary/aromatic N) is 4. The van der Waals surface area contributed by atoms with Crippen molar-refractivity contribution in [3.05, 3.63) is 67.0 Å². The molecule has 0 saturated carbocycles. The molecule has 0 radical (unpaired) electrons. The lowest BCUT2D eigenvalue weighted by molar-refractivity contribution is 0.416. The predicted molar refractivity (Wildman–Crippen MR) is 88.2 cm³/mol. The van der Waals surface area contributed by atoms with Crippen molar-refractivity contribution >= 4 is 5.65 Å². The Bertz CT molecular complexity index is 930. The largest absolute Gasteiger partial charge is 0.496 e. The summed E-state index contributed by atoms with van der Waals surface area (Å²) < 4.78 is 7.29. The van der Waals surface area contributed by atoms with Gasteiger partial charge in [0.15, 0.2) is 11.5 Å². The van der Waals surface area contributed by atoms with E-state index < -0.39 is 0 Å². The molecule has 0 spiro atoms. The van der Waals surface area contributed by atoms with E-state index in [0.29, 0.717) is 5.82 Å². The molecular weight excluding hydrogens is 288 g/mol. The molecule has 0 aliphatic rings. The molecule has 0 N–H and O–H groups in total. The zero-order chi connectivity index (χ0) is 15.6. The minimum Gasteiger partial charge on any atom is -0.496 e. The lowest BCUT2D eigenvalue weighted by Crippen LogP contribution is -1.92. The van der Waals surface area contributed by atoms with Crippen molar-refractivity contribution in [1.82, 2.24) is 19.6 Å². The lowest BCUT2D eigenvalue weighted by Gasteiger charge is -2.09. The Hall–Kier alpha value is -3.21. The second kappa shape index (κ2) is 5.53. The van der Waals surface area contributed by atoms with Crippen LogP contribution < -0.4 is 4.74 Å². The second-order valence-electron chi connectivity index (χ2n) is 5.07. The molecule has 0 aliphatic heterocycles. The van der Waals surface area contributed by atoms with Crippen LogP contribution in [0.1, 0.15) is 0 Å². The van der Waals surface area contributed by atoms with E-state index in [1.165, 1.54) is 0 Å². The molecule has 0 fully saturated rings. The van der Waals surface area contributed by atoms with Gasteiger partial charge in [0.1, 0.15) is 5.75 Å². The minimum absolute atomic E-state index is 0.669. The molecule has 0 amide bonds. The van der Waals surface area contributed by atoms with Crippen molar-refractivity contribution in [2.75, 3.05) is 7.11 Å². The topological polar surface area (TPSA) is 52.3 Å². The van der Waals surface area contributed by atoms with Crippen LogP contribution in [0.2, 0.25) is 0 Å². The Morgan fingerprint density at radius 1 is 1.00 bits per heavy atom. The first kappa shape index (κ1) is 13.5. The molecule has 5 nitrogen and oxygen atoms in total. The zero-order valence-corrected chi connectivity index (χ0v) is 12.5. The summed E-state index contributed by atoms with van der Waals surface area (Å²) in [7, 11) is 1.66. The van der Waals surface area contributed by atoms with Crippen molar-refractivity contribution in [3.63, 3.8) is 0 Å². The van der Waals surface area contributed by atoms with E-state index in [0.717, 1.165) is 28.2 Å². The Morgan fingerprint density at radius 3 is 2.70 bits per heavy atom. The Kier molecular flexibility index (Phi) is 3.24. The van der Waals surface area contributed by atoms with Gasteiger partial charge in [-0.1, -0.05) is 18.2 Å². The second-order valence-corrected chi connectivity index (χ2v) is 5.07. The van der Waals surface area contributed by atoms with Crippen LogP contribution in [-0.4, -0.2) is 26.7 Å². The van der Waals surface area contributed by atoms with Gasteiger partial charge in [-0.05, 0) is 36.4 Å². The van der Waals surface area contributed by atoms with E-state index in [1.54, 1.807) is 17.8 Å². The van der Waals surface area contributed by atoms with Crippen molar-refractivity contribution in [1.29, 1.82) is 0 Å². The third-order valence-electron chi connectivity index (χ3n) is 3.64. The van der Waals surface area contributed by atoms with Crippen molar-refractivity contribution in [2.24, 2.45) is 0 Å². The van der Waals surface area contributed by atoms with Gasteiger partial charge in [-0.15, -0.1) is 5.10 Å². The highest BCUT2D eigenvalue weighted by Gasteiger charge is 2.12. The Morgan fingerprint density at radius 2 is 1.91 bits per heavy atom. The number of rotatable bonds is 3. The minimum atomic E-state index is 0.669. The fraction of sp³-hybridized carbons (Fsp3) is 0.0556. The molecule has 4 rings (SSSR count). The highest BCUT2D eigenvalue weighted by Crippen LogP contribution is 2.32. The van der Waals surface area contributed by atoms with E-state index in [4.69, 9.17) is 4.74 Å². The SMILES string of the molecule is COc1cc(-c2nc3ccccn3n2)ccc1-c1ccccn1. The maximum absolute atomic E-state index is 5.53. The normalized spacial score (nSPS) is 10.8. The summed E-state index contributed by atoms with van der Waals surface area (Å²) in [5.74, 6) is 1.42. The quantitative estimate of drug-likeness (QED) is 0.581. The molecule has 0 aliphatic carbocycles. The van der Waals surface area contributed by atoms with Crippen LogP contribution in [0.5, 0.6) is 5.75 Å². The molecule has 0 atom stereocenters. The Labute approximate surface area is 133 Å². The number of pyridine rings is 2. The van der Waals surface area contributed by atoms with Gasteiger partial charge in [-0.3, -0.25) is 4.98 Å². The molecule has 4 aromatic rings. The standard InChI is InChI=1S/C18H14N4O/c1-23-16-12-13(8-9-14(16)15-6-2-4-10-19-15)18-20-17-7-3-5-11-22(17)21-18/h2-12H,1H3. The van der Waals surface area contributed by atoms with Gasteiger partial charge in [0, 0.05) is 23.5 Å². The molecule has 0 unspecified atom stereocenters. The maximum Gasteiger partial charge on any atom is 0.182 e. The highest BCUT2D eigenvalue weighted by atomic mass is 16.5. The van der Waals surface area contributed by atoms with E-state index in [1.807, 2.05) is 60.8 Å². The summed E-state index contributed by atoms with van der Waals surface area (Å²) in [5, 5.41) is 4.50. The van der Waals surface area contributed by atoms with Crippen LogP contribution in [0.3, 0.4) is 0 Å². The summed E-state index contributed by atoms with van der Waals surface area (Å²) in [6.07, 6.45) is 3.65. The van der Waals surface area contributed by atoms with Crippen molar-refractivity contribution in [3.8, 4) is 28.4 Å². The molecule has 5 heteroatoms. The van der Waals surface area contributed by atoms with Crippen LogP contribution in [0.4, 0.5) is 0 Å². The fourth-order valence-corrected chi connectivity index (χ4v) is 2.52. The fourth-order valence-electron chi connectivity index (χ4n) is 2.52. The van der Waals surface area contributed by atoms with Crippen LogP contribution in [0, 0.1) is 0 Å². The molecule has 0 saturated heterocycles. The molecule has 1 aromatic carbocycles. The average molecular weight is 302 g/mol. The Balaban J connectivity index is 1.81. The highest BCUT2D eigenvalue weighted by molar-refractivity contribution is 5.72. The summed E-state index contributed by atoms with van der Waals surface area (Å²) in [6, 6.07) is 17.5. The van der Waals surface area contributed by atoms with E-state index in [2.05, 4.69) is 15.1 Å². The van der Waals surface area contributed by atoms with E-state index in [-0.39, 0.29) is 0 Å². The summed E-state index contributed by atoms with van der Waals surface area (Å²) in [5.41, 5.74) is 3.54. The van der Waals surface area contributed by atoms with Crippen LogP contribution in [0.25, 0.3) is 28.3 Å². The average Bonchev–Trinajstić information content (AvgIpc) is 3.06. The number of hydrogen-bond acceptors (Lipinski definition) is 4. The number of aromatic nitrogens is 4. The molecule has 112 valence electrons. The molecule has 3 aromatic heterocycles.